The number of aliphatic hydroxyl groups is 1. The van der Waals surface area contributed by atoms with Crippen LogP contribution in [0.3, 0.4) is 0 Å². The molecule has 2 N–H and O–H groups in total. The number of amides is 1. The van der Waals surface area contributed by atoms with Gasteiger partial charge in [-0.15, -0.1) is 0 Å². The molecular formula is C24H32FN3O5. The molecule has 2 aromatic rings. The molecule has 9 heteroatoms. The van der Waals surface area contributed by atoms with Crippen LogP contribution in [0.4, 0.5) is 10.1 Å². The minimum atomic E-state index is -0.744. The Morgan fingerprint density at radius 2 is 1.91 bits per heavy atom. The molecule has 1 aliphatic heterocycles. The molecule has 0 radical (unpaired) electrons. The summed E-state index contributed by atoms with van der Waals surface area (Å²) in [6.45, 7) is 4.86. The highest BCUT2D eigenvalue weighted by atomic mass is 19.1. The van der Waals surface area contributed by atoms with Gasteiger partial charge in [0, 0.05) is 44.0 Å². The van der Waals surface area contributed by atoms with Crippen LogP contribution < -0.4 is 19.5 Å². The fraction of sp³-hybridized carbons (Fsp3) is 0.458. The van der Waals surface area contributed by atoms with Gasteiger partial charge in [-0.05, 0) is 31.2 Å². The number of nitrogens with one attached hydrogen (secondary N) is 1. The highest BCUT2D eigenvalue weighted by molar-refractivity contribution is 5.92. The number of piperazine rings is 1. The lowest BCUT2D eigenvalue weighted by molar-refractivity contribution is -0.118. The summed E-state index contributed by atoms with van der Waals surface area (Å²) < 4.78 is 29.5. The first kappa shape index (κ1) is 24.8. The average molecular weight is 462 g/mol. The smallest absolute Gasteiger partial charge is 0.238 e. The summed E-state index contributed by atoms with van der Waals surface area (Å²) >= 11 is 0. The zero-order valence-corrected chi connectivity index (χ0v) is 19.3. The number of hydrogen-bond acceptors (Lipinski definition) is 7. The van der Waals surface area contributed by atoms with Crippen LogP contribution in [0.15, 0.2) is 42.5 Å². The molecule has 2 aromatic carbocycles. The summed E-state index contributed by atoms with van der Waals surface area (Å²) in [5.41, 5.74) is 0.641. The first-order valence-corrected chi connectivity index (χ1v) is 10.9. The molecule has 1 fully saturated rings. The maximum atomic E-state index is 13.7. The van der Waals surface area contributed by atoms with Gasteiger partial charge < -0.3 is 24.6 Å². The number of benzene rings is 2. The molecule has 0 aliphatic carbocycles. The van der Waals surface area contributed by atoms with Crippen molar-refractivity contribution in [2.45, 2.75) is 19.1 Å². The van der Waals surface area contributed by atoms with E-state index in [0.717, 1.165) is 0 Å². The van der Waals surface area contributed by atoms with Crippen molar-refractivity contribution in [2.24, 2.45) is 0 Å². The van der Waals surface area contributed by atoms with Crippen molar-refractivity contribution in [2.75, 3.05) is 58.9 Å². The highest BCUT2D eigenvalue weighted by Gasteiger charge is 2.26. The van der Waals surface area contributed by atoms with Crippen molar-refractivity contribution in [3.8, 4) is 17.2 Å². The molecule has 0 saturated carbocycles. The Labute approximate surface area is 193 Å². The van der Waals surface area contributed by atoms with E-state index >= 15 is 0 Å². The Balaban J connectivity index is 1.43. The second-order valence-electron chi connectivity index (χ2n) is 8.09. The lowest BCUT2D eigenvalue weighted by Crippen LogP contribution is -2.55. The van der Waals surface area contributed by atoms with E-state index in [0.29, 0.717) is 43.4 Å². The summed E-state index contributed by atoms with van der Waals surface area (Å²) in [6.07, 6.45) is -0.744. The fourth-order valence-electron chi connectivity index (χ4n) is 3.87. The minimum absolute atomic E-state index is 0.0155. The average Bonchev–Trinajstić information content (AvgIpc) is 2.80. The van der Waals surface area contributed by atoms with Gasteiger partial charge in [0.1, 0.15) is 12.7 Å². The van der Waals surface area contributed by atoms with Crippen LogP contribution >= 0.6 is 0 Å². The van der Waals surface area contributed by atoms with E-state index in [1.165, 1.54) is 12.1 Å². The SMILES string of the molecule is COc1ccc(NC(=O)CN2CCN(C[C@H](O)COc3ccccc3F)[C@@H](C)C2)cc1OC. The molecule has 1 heterocycles. The maximum Gasteiger partial charge on any atom is 0.238 e. The number of ether oxygens (including phenoxy) is 3. The number of aliphatic hydroxyl groups excluding tert-OH is 1. The number of carbonyl (C=O) groups excluding carboxylic acids is 1. The van der Waals surface area contributed by atoms with Crippen molar-refractivity contribution >= 4 is 11.6 Å². The third kappa shape index (κ3) is 7.05. The number of para-hydroxylation sites is 1. The molecular weight excluding hydrogens is 429 g/mol. The quantitative estimate of drug-likeness (QED) is 0.561. The van der Waals surface area contributed by atoms with Gasteiger partial charge in [-0.2, -0.15) is 0 Å². The number of β-amino-alcohol motifs (C(OH)–C–C–N with tert-alkyl or cyclic N) is 1. The molecule has 1 saturated heterocycles. The van der Waals surface area contributed by atoms with Crippen LogP contribution in [0.25, 0.3) is 0 Å². The van der Waals surface area contributed by atoms with E-state index in [4.69, 9.17) is 14.2 Å². The van der Waals surface area contributed by atoms with Crippen molar-refractivity contribution < 1.29 is 28.5 Å². The van der Waals surface area contributed by atoms with Crippen molar-refractivity contribution in [3.63, 3.8) is 0 Å². The van der Waals surface area contributed by atoms with Gasteiger partial charge in [-0.1, -0.05) is 12.1 Å². The van der Waals surface area contributed by atoms with E-state index in [-0.39, 0.29) is 30.9 Å². The molecule has 8 nitrogen and oxygen atoms in total. The van der Waals surface area contributed by atoms with Crippen LogP contribution in [-0.4, -0.2) is 86.5 Å². The lowest BCUT2D eigenvalue weighted by atomic mass is 10.1. The molecule has 0 spiro atoms. The standard InChI is InChI=1S/C24H32FN3O5/c1-17-13-27(15-24(30)26-18-8-9-22(31-2)23(12-18)32-3)10-11-28(17)14-19(29)16-33-21-7-5-4-6-20(21)25/h4-9,12,17,19,29H,10-11,13-16H2,1-3H3,(H,26,30)/t17-,19-/m0/s1. The topological polar surface area (TPSA) is 83.5 Å². The summed E-state index contributed by atoms with van der Waals surface area (Å²) in [7, 11) is 3.11. The largest absolute Gasteiger partial charge is 0.493 e. The van der Waals surface area contributed by atoms with E-state index in [1.807, 2.05) is 0 Å². The molecule has 0 unspecified atom stereocenters. The van der Waals surface area contributed by atoms with Gasteiger partial charge in [0.15, 0.2) is 23.1 Å². The van der Waals surface area contributed by atoms with Crippen LogP contribution in [0, 0.1) is 5.82 Å². The lowest BCUT2D eigenvalue weighted by Gasteiger charge is -2.40. The Kier molecular flexibility index (Phi) is 8.87. The summed E-state index contributed by atoms with van der Waals surface area (Å²) in [6, 6.07) is 11.5. The third-order valence-electron chi connectivity index (χ3n) is 5.60. The molecule has 0 aromatic heterocycles. The second kappa shape index (κ2) is 11.8. The zero-order chi connectivity index (χ0) is 23.8. The Morgan fingerprint density at radius 3 is 2.61 bits per heavy atom. The molecule has 2 atom stereocenters. The predicted molar refractivity (Wildman–Crippen MR) is 124 cm³/mol. The summed E-state index contributed by atoms with van der Waals surface area (Å²) in [4.78, 5) is 16.8. The maximum absolute atomic E-state index is 13.7. The van der Waals surface area contributed by atoms with Crippen molar-refractivity contribution in [1.82, 2.24) is 9.80 Å². The zero-order valence-electron chi connectivity index (χ0n) is 19.3. The first-order chi connectivity index (χ1) is 15.9. The minimum Gasteiger partial charge on any atom is -0.493 e. The predicted octanol–water partition coefficient (Wildman–Crippen LogP) is 2.23. The van der Waals surface area contributed by atoms with E-state index in [2.05, 4.69) is 22.0 Å². The van der Waals surface area contributed by atoms with E-state index in [9.17, 15) is 14.3 Å². The van der Waals surface area contributed by atoms with Crippen molar-refractivity contribution in [1.29, 1.82) is 0 Å². The number of carbonyl (C=O) groups is 1. The number of halogens is 1. The molecule has 1 aliphatic rings. The molecule has 180 valence electrons. The van der Waals surface area contributed by atoms with Crippen LogP contribution in [-0.2, 0) is 4.79 Å². The van der Waals surface area contributed by atoms with Gasteiger partial charge in [0.05, 0.1) is 20.8 Å². The first-order valence-electron chi connectivity index (χ1n) is 10.9. The molecule has 0 bridgehead atoms. The van der Waals surface area contributed by atoms with Crippen LogP contribution in [0.1, 0.15) is 6.92 Å². The van der Waals surface area contributed by atoms with Gasteiger partial charge in [-0.3, -0.25) is 14.6 Å². The Morgan fingerprint density at radius 1 is 1.15 bits per heavy atom. The second-order valence-corrected chi connectivity index (χ2v) is 8.09. The number of anilines is 1. The fourth-order valence-corrected chi connectivity index (χ4v) is 3.87. The van der Waals surface area contributed by atoms with Crippen LogP contribution in [0.2, 0.25) is 0 Å². The molecule has 3 rings (SSSR count). The van der Waals surface area contributed by atoms with Gasteiger partial charge in [-0.25, -0.2) is 4.39 Å². The number of rotatable bonds is 10. The van der Waals surface area contributed by atoms with Crippen molar-refractivity contribution in [3.05, 3.63) is 48.3 Å². The summed E-state index contributed by atoms with van der Waals surface area (Å²) in [5.74, 6) is 0.728. The molecule has 1 amide bonds. The van der Waals surface area contributed by atoms with Gasteiger partial charge in [0.25, 0.3) is 0 Å². The normalized spacial score (nSPS) is 17.9. The number of methoxy groups -OCH3 is 2. The van der Waals surface area contributed by atoms with Gasteiger partial charge >= 0.3 is 0 Å². The van der Waals surface area contributed by atoms with E-state index < -0.39 is 11.9 Å². The third-order valence-corrected chi connectivity index (χ3v) is 5.60. The Hall–Kier alpha value is -2.88. The highest BCUT2D eigenvalue weighted by Crippen LogP contribution is 2.29. The van der Waals surface area contributed by atoms with Crippen LogP contribution in [0.5, 0.6) is 17.2 Å². The van der Waals surface area contributed by atoms with Gasteiger partial charge in [0.2, 0.25) is 5.91 Å². The number of nitrogens with zero attached hydrogens (tertiary/aromatic N) is 2. The monoisotopic (exact) mass is 461 g/mol. The number of hydrogen-bond donors (Lipinski definition) is 2. The molecule has 33 heavy (non-hydrogen) atoms. The van der Waals surface area contributed by atoms with E-state index in [1.54, 1.807) is 44.6 Å². The Bertz CT molecular complexity index is 929. The summed E-state index contributed by atoms with van der Waals surface area (Å²) in [5, 5.41) is 13.2.